The van der Waals surface area contributed by atoms with Crippen molar-refractivity contribution in [3.05, 3.63) is 70.0 Å². The van der Waals surface area contributed by atoms with Crippen molar-refractivity contribution < 1.29 is 14.0 Å². The minimum absolute atomic E-state index is 0.0903. The molecular formula is C23H22Cl2N4O3. The number of amides is 2. The Kier molecular flexibility index (Phi) is 6.77. The molecule has 7 nitrogen and oxygen atoms in total. The summed E-state index contributed by atoms with van der Waals surface area (Å²) in [6.07, 6.45) is 1.97. The van der Waals surface area contributed by atoms with E-state index in [2.05, 4.69) is 15.5 Å². The van der Waals surface area contributed by atoms with Crippen LogP contribution >= 0.6 is 23.2 Å². The summed E-state index contributed by atoms with van der Waals surface area (Å²) in [7, 11) is 0. The molecule has 1 aliphatic carbocycles. The second kappa shape index (κ2) is 9.71. The Labute approximate surface area is 195 Å². The van der Waals surface area contributed by atoms with Gasteiger partial charge in [0.25, 0.3) is 0 Å². The molecule has 2 amide bonds. The SMILES string of the molecule is CC(=O)NC(CC(=O)N(Cc1nnc(-c2ccc(Cl)cc2)o1)C1CC1)c1ccc(Cl)cc1. The molecule has 1 N–H and O–H groups in total. The molecule has 0 saturated heterocycles. The van der Waals surface area contributed by atoms with Crippen LogP contribution in [0, 0.1) is 0 Å². The Morgan fingerprint density at radius 3 is 2.28 bits per heavy atom. The lowest BCUT2D eigenvalue weighted by atomic mass is 10.0. The van der Waals surface area contributed by atoms with Gasteiger partial charge in [0.15, 0.2) is 0 Å². The summed E-state index contributed by atoms with van der Waals surface area (Å²) < 4.78 is 5.79. The summed E-state index contributed by atoms with van der Waals surface area (Å²) >= 11 is 11.9. The molecule has 1 atom stereocenters. The molecule has 1 aliphatic rings. The van der Waals surface area contributed by atoms with Crippen LogP contribution in [0.25, 0.3) is 11.5 Å². The van der Waals surface area contributed by atoms with E-state index in [1.165, 1.54) is 6.92 Å². The topological polar surface area (TPSA) is 88.3 Å². The molecule has 9 heteroatoms. The first kappa shape index (κ1) is 22.3. The average molecular weight is 473 g/mol. The Morgan fingerprint density at radius 2 is 1.69 bits per heavy atom. The van der Waals surface area contributed by atoms with Crippen molar-refractivity contribution in [2.75, 3.05) is 0 Å². The number of aromatic nitrogens is 2. The van der Waals surface area contributed by atoms with Crippen LogP contribution in [-0.4, -0.2) is 33.0 Å². The van der Waals surface area contributed by atoms with Crippen molar-refractivity contribution >= 4 is 35.0 Å². The minimum Gasteiger partial charge on any atom is -0.419 e. The molecule has 1 saturated carbocycles. The average Bonchev–Trinajstić information content (AvgIpc) is 3.50. The molecular weight excluding hydrogens is 451 g/mol. The van der Waals surface area contributed by atoms with Crippen LogP contribution in [0.3, 0.4) is 0 Å². The molecule has 1 heterocycles. The van der Waals surface area contributed by atoms with E-state index in [1.807, 2.05) is 12.1 Å². The van der Waals surface area contributed by atoms with Crippen LogP contribution in [0.5, 0.6) is 0 Å². The van der Waals surface area contributed by atoms with E-state index in [-0.39, 0.29) is 30.8 Å². The summed E-state index contributed by atoms with van der Waals surface area (Å²) in [4.78, 5) is 26.7. The van der Waals surface area contributed by atoms with E-state index in [9.17, 15) is 9.59 Å². The van der Waals surface area contributed by atoms with Crippen molar-refractivity contribution in [2.24, 2.45) is 0 Å². The van der Waals surface area contributed by atoms with Gasteiger partial charge in [0, 0.05) is 28.6 Å². The fourth-order valence-electron chi connectivity index (χ4n) is 3.46. The molecule has 0 radical (unpaired) electrons. The predicted molar refractivity (Wildman–Crippen MR) is 121 cm³/mol. The van der Waals surface area contributed by atoms with E-state index >= 15 is 0 Å². The summed E-state index contributed by atoms with van der Waals surface area (Å²) in [5.74, 6) is 0.433. The first-order valence-corrected chi connectivity index (χ1v) is 11.0. The van der Waals surface area contributed by atoms with Gasteiger partial charge in [-0.2, -0.15) is 0 Å². The molecule has 0 spiro atoms. The van der Waals surface area contributed by atoms with Gasteiger partial charge in [-0.15, -0.1) is 10.2 Å². The number of carbonyl (C=O) groups excluding carboxylic acids is 2. The van der Waals surface area contributed by atoms with Crippen molar-refractivity contribution in [1.29, 1.82) is 0 Å². The Morgan fingerprint density at radius 1 is 1.06 bits per heavy atom. The molecule has 1 aromatic heterocycles. The zero-order valence-corrected chi connectivity index (χ0v) is 18.9. The van der Waals surface area contributed by atoms with Gasteiger partial charge in [-0.05, 0) is 54.8 Å². The van der Waals surface area contributed by atoms with Gasteiger partial charge in [0.1, 0.15) is 0 Å². The Balaban J connectivity index is 1.48. The zero-order valence-electron chi connectivity index (χ0n) is 17.4. The molecule has 1 fully saturated rings. The lowest BCUT2D eigenvalue weighted by molar-refractivity contribution is -0.133. The maximum Gasteiger partial charge on any atom is 0.247 e. The number of rotatable bonds is 8. The van der Waals surface area contributed by atoms with Crippen LogP contribution in [0.2, 0.25) is 10.0 Å². The third-order valence-corrected chi connectivity index (χ3v) is 5.70. The van der Waals surface area contributed by atoms with E-state index < -0.39 is 6.04 Å². The van der Waals surface area contributed by atoms with Gasteiger partial charge < -0.3 is 14.6 Å². The number of carbonyl (C=O) groups is 2. The molecule has 1 unspecified atom stereocenters. The van der Waals surface area contributed by atoms with Gasteiger partial charge in [0.05, 0.1) is 19.0 Å². The maximum absolute atomic E-state index is 13.2. The van der Waals surface area contributed by atoms with Gasteiger partial charge in [0.2, 0.25) is 23.6 Å². The highest BCUT2D eigenvalue weighted by atomic mass is 35.5. The lowest BCUT2D eigenvalue weighted by Gasteiger charge is -2.24. The third kappa shape index (κ3) is 5.66. The van der Waals surface area contributed by atoms with Crippen molar-refractivity contribution in [3.8, 4) is 11.5 Å². The number of hydrogen-bond donors (Lipinski definition) is 1. The molecule has 32 heavy (non-hydrogen) atoms. The second-order valence-corrected chi connectivity index (χ2v) is 8.64. The highest BCUT2D eigenvalue weighted by Crippen LogP contribution is 2.31. The van der Waals surface area contributed by atoms with Crippen molar-refractivity contribution in [1.82, 2.24) is 20.4 Å². The van der Waals surface area contributed by atoms with Gasteiger partial charge in [-0.3, -0.25) is 9.59 Å². The maximum atomic E-state index is 13.2. The first-order chi connectivity index (χ1) is 15.4. The molecule has 2 aromatic carbocycles. The largest absolute Gasteiger partial charge is 0.419 e. The molecule has 166 valence electrons. The Hall–Kier alpha value is -2.90. The monoisotopic (exact) mass is 472 g/mol. The predicted octanol–water partition coefficient (Wildman–Crippen LogP) is 4.80. The third-order valence-electron chi connectivity index (χ3n) is 5.20. The summed E-state index contributed by atoms with van der Waals surface area (Å²) in [5.41, 5.74) is 1.57. The standard InChI is InChI=1S/C23H22Cl2N4O3/c1-14(30)26-20(15-2-6-17(24)7-3-15)12-22(31)29(19-10-11-19)13-21-27-28-23(32-21)16-4-8-18(25)9-5-16/h2-9,19-20H,10-13H2,1H3,(H,26,30). The van der Waals surface area contributed by atoms with Gasteiger partial charge in [-0.1, -0.05) is 35.3 Å². The molecule has 3 aromatic rings. The van der Waals surface area contributed by atoms with Crippen molar-refractivity contribution in [2.45, 2.75) is 44.8 Å². The van der Waals surface area contributed by atoms with Crippen LogP contribution < -0.4 is 5.32 Å². The quantitative estimate of drug-likeness (QED) is 0.508. The van der Waals surface area contributed by atoms with Crippen LogP contribution in [0.1, 0.15) is 43.7 Å². The highest BCUT2D eigenvalue weighted by Gasteiger charge is 2.35. The van der Waals surface area contributed by atoms with Gasteiger partial charge in [-0.25, -0.2) is 0 Å². The number of nitrogens with one attached hydrogen (secondary N) is 1. The molecule has 0 aliphatic heterocycles. The second-order valence-electron chi connectivity index (χ2n) is 7.77. The number of benzene rings is 2. The smallest absolute Gasteiger partial charge is 0.247 e. The highest BCUT2D eigenvalue weighted by molar-refractivity contribution is 6.30. The zero-order chi connectivity index (χ0) is 22.7. The van der Waals surface area contributed by atoms with Crippen LogP contribution in [0.15, 0.2) is 52.9 Å². The minimum atomic E-state index is -0.453. The number of hydrogen-bond acceptors (Lipinski definition) is 5. The van der Waals surface area contributed by atoms with Crippen LogP contribution in [-0.2, 0) is 16.1 Å². The Bertz CT molecular complexity index is 1100. The summed E-state index contributed by atoms with van der Waals surface area (Å²) in [5, 5.41) is 12.3. The van der Waals surface area contributed by atoms with E-state index in [1.54, 1.807) is 41.3 Å². The number of halogens is 2. The van der Waals surface area contributed by atoms with Crippen LogP contribution in [0.4, 0.5) is 0 Å². The van der Waals surface area contributed by atoms with E-state index in [0.29, 0.717) is 21.8 Å². The van der Waals surface area contributed by atoms with E-state index in [0.717, 1.165) is 24.0 Å². The normalized spacial score (nSPS) is 14.1. The fourth-order valence-corrected chi connectivity index (χ4v) is 3.72. The number of nitrogens with zero attached hydrogens (tertiary/aromatic N) is 3. The first-order valence-electron chi connectivity index (χ1n) is 10.3. The molecule has 4 rings (SSSR count). The van der Waals surface area contributed by atoms with E-state index in [4.69, 9.17) is 27.6 Å². The summed E-state index contributed by atoms with van der Waals surface area (Å²) in [6, 6.07) is 13.9. The summed E-state index contributed by atoms with van der Waals surface area (Å²) in [6.45, 7) is 1.65. The lowest BCUT2D eigenvalue weighted by Crippen LogP contribution is -2.37. The van der Waals surface area contributed by atoms with Crippen molar-refractivity contribution in [3.63, 3.8) is 0 Å². The van der Waals surface area contributed by atoms with Gasteiger partial charge >= 0.3 is 0 Å². The fraction of sp³-hybridized carbons (Fsp3) is 0.304. The molecule has 0 bridgehead atoms.